The van der Waals surface area contributed by atoms with Gasteiger partial charge in [-0.3, -0.25) is 24.8 Å². The van der Waals surface area contributed by atoms with Crippen LogP contribution in [0.5, 0.6) is 0 Å². The van der Waals surface area contributed by atoms with E-state index in [0.29, 0.717) is 5.92 Å². The predicted molar refractivity (Wildman–Crippen MR) is 144 cm³/mol. The van der Waals surface area contributed by atoms with E-state index in [1.807, 2.05) is 88.8 Å². The Hall–Kier alpha value is -2.96. The van der Waals surface area contributed by atoms with Crippen LogP contribution in [0.3, 0.4) is 0 Å². The van der Waals surface area contributed by atoms with Crippen LogP contribution in [0.4, 0.5) is 0 Å². The van der Waals surface area contributed by atoms with Crippen molar-refractivity contribution in [1.29, 1.82) is 0 Å². The molecule has 3 rings (SSSR count). The van der Waals surface area contributed by atoms with Gasteiger partial charge in [-0.15, -0.1) is 0 Å². The highest BCUT2D eigenvalue weighted by Gasteiger charge is 2.13. The van der Waals surface area contributed by atoms with Crippen LogP contribution in [0.15, 0.2) is 78.2 Å². The first-order valence-corrected chi connectivity index (χ1v) is 12.1. The summed E-state index contributed by atoms with van der Waals surface area (Å²) in [6, 6.07) is 18.2. The van der Waals surface area contributed by atoms with Gasteiger partial charge in [-0.1, -0.05) is 39.0 Å². The fourth-order valence-electron chi connectivity index (χ4n) is 3.08. The number of aromatic nitrogens is 3. The third-order valence-electron chi connectivity index (χ3n) is 4.77. The quantitative estimate of drug-likeness (QED) is 0.407. The first-order chi connectivity index (χ1) is 16.6. The monoisotopic (exact) mass is 462 g/mol. The highest BCUT2D eigenvalue weighted by Crippen LogP contribution is 2.10. The Morgan fingerprint density at radius 2 is 1.26 bits per heavy atom. The number of nitrogens with zero attached hydrogens (tertiary/aromatic N) is 5. The Kier molecular flexibility index (Phi) is 15.8. The van der Waals surface area contributed by atoms with E-state index in [0.717, 1.165) is 55.5 Å². The molecule has 3 heterocycles. The van der Waals surface area contributed by atoms with Crippen LogP contribution in [0.1, 0.15) is 51.7 Å². The number of hydrogen-bond acceptors (Lipinski definition) is 6. The van der Waals surface area contributed by atoms with Crippen LogP contribution < -0.4 is 5.32 Å². The van der Waals surface area contributed by atoms with Gasteiger partial charge in [-0.05, 0) is 62.7 Å². The second kappa shape index (κ2) is 18.5. The van der Waals surface area contributed by atoms with E-state index in [-0.39, 0.29) is 0 Å². The smallest absolute Gasteiger partial charge is 0.0544 e. The molecule has 3 aromatic heterocycles. The number of hydrogen-bond donors (Lipinski definition) is 1. The minimum Gasteiger partial charge on any atom is -0.311 e. The number of aliphatic imine (C=N–C) groups is 1. The van der Waals surface area contributed by atoms with E-state index in [9.17, 15) is 0 Å². The van der Waals surface area contributed by atoms with Gasteiger partial charge in [-0.2, -0.15) is 0 Å². The average molecular weight is 463 g/mol. The molecule has 6 nitrogen and oxygen atoms in total. The van der Waals surface area contributed by atoms with Crippen molar-refractivity contribution in [3.8, 4) is 0 Å². The molecule has 6 heteroatoms. The largest absolute Gasteiger partial charge is 0.311 e. The maximum absolute atomic E-state index is 4.48. The van der Waals surface area contributed by atoms with Crippen LogP contribution in [-0.4, -0.2) is 45.7 Å². The maximum Gasteiger partial charge on any atom is 0.0544 e. The summed E-state index contributed by atoms with van der Waals surface area (Å²) in [7, 11) is 1.79. The molecule has 0 aromatic carbocycles. The van der Waals surface area contributed by atoms with Crippen LogP contribution >= 0.6 is 0 Å². The summed E-state index contributed by atoms with van der Waals surface area (Å²) in [5.74, 6) is 0.501. The highest BCUT2D eigenvalue weighted by molar-refractivity contribution is 5.78. The maximum atomic E-state index is 4.48. The highest BCUT2D eigenvalue weighted by atomic mass is 15.1. The molecular formula is C28H42N6. The summed E-state index contributed by atoms with van der Waals surface area (Å²) in [5, 5.41) is 3.51. The van der Waals surface area contributed by atoms with Gasteiger partial charge in [0.1, 0.15) is 0 Å². The summed E-state index contributed by atoms with van der Waals surface area (Å²) < 4.78 is 0. The Bertz CT molecular complexity index is 839. The standard InChI is InChI=1S/C22H27N5.C4H9N.C2H6/c1-19(14-23-15-20-8-2-5-11-24-20)16-27(17-21-9-3-6-12-25-21)18-22-10-4-7-13-26-22;1-4(2)5-3;1-2/h2-13,19,23H,14-18H2,1H3;1-3H3;1-2H3. The molecule has 0 aliphatic heterocycles. The predicted octanol–water partition coefficient (Wildman–Crippen LogP) is 5.42. The van der Waals surface area contributed by atoms with Gasteiger partial charge in [0, 0.05) is 57.5 Å². The summed E-state index contributed by atoms with van der Waals surface area (Å²) >= 11 is 0. The summed E-state index contributed by atoms with van der Waals surface area (Å²) in [6.07, 6.45) is 5.54. The van der Waals surface area contributed by atoms with Crippen molar-refractivity contribution in [2.75, 3.05) is 20.1 Å². The lowest BCUT2D eigenvalue weighted by Crippen LogP contribution is -2.33. The Morgan fingerprint density at radius 1 is 0.824 bits per heavy atom. The summed E-state index contributed by atoms with van der Waals surface area (Å²) in [4.78, 5) is 19.5. The molecule has 0 aliphatic carbocycles. The van der Waals surface area contributed by atoms with Crippen molar-refractivity contribution in [3.05, 3.63) is 90.3 Å². The van der Waals surface area contributed by atoms with E-state index in [1.54, 1.807) is 7.05 Å². The van der Waals surface area contributed by atoms with Crippen LogP contribution in [0, 0.1) is 5.92 Å². The molecule has 0 spiro atoms. The lowest BCUT2D eigenvalue weighted by Gasteiger charge is -2.25. The molecule has 1 N–H and O–H groups in total. The normalized spacial score (nSPS) is 10.9. The molecule has 0 radical (unpaired) electrons. The lowest BCUT2D eigenvalue weighted by molar-refractivity contribution is 0.213. The molecule has 0 bridgehead atoms. The van der Waals surface area contributed by atoms with Gasteiger partial charge in [0.15, 0.2) is 0 Å². The molecule has 1 atom stereocenters. The third-order valence-corrected chi connectivity index (χ3v) is 4.77. The van der Waals surface area contributed by atoms with Gasteiger partial charge in [0.2, 0.25) is 0 Å². The van der Waals surface area contributed by atoms with E-state index < -0.39 is 0 Å². The van der Waals surface area contributed by atoms with E-state index in [4.69, 9.17) is 0 Å². The van der Waals surface area contributed by atoms with Gasteiger partial charge in [0.05, 0.1) is 17.1 Å². The molecule has 0 amide bonds. The van der Waals surface area contributed by atoms with Crippen molar-refractivity contribution < 1.29 is 0 Å². The third kappa shape index (κ3) is 13.6. The van der Waals surface area contributed by atoms with Crippen LogP contribution in [-0.2, 0) is 19.6 Å². The fraction of sp³-hybridized carbons (Fsp3) is 0.429. The zero-order valence-corrected chi connectivity index (χ0v) is 21.8. The van der Waals surface area contributed by atoms with Crippen LogP contribution in [0.25, 0.3) is 0 Å². The van der Waals surface area contributed by atoms with E-state index >= 15 is 0 Å². The van der Waals surface area contributed by atoms with Gasteiger partial charge < -0.3 is 5.32 Å². The Labute approximate surface area is 206 Å². The second-order valence-corrected chi connectivity index (χ2v) is 8.04. The van der Waals surface area contributed by atoms with E-state index in [1.165, 1.54) is 0 Å². The summed E-state index contributed by atoms with van der Waals surface area (Å²) in [5.41, 5.74) is 4.37. The van der Waals surface area contributed by atoms with Crippen molar-refractivity contribution in [1.82, 2.24) is 25.2 Å². The topological polar surface area (TPSA) is 66.3 Å². The average Bonchev–Trinajstić information content (AvgIpc) is 2.87. The van der Waals surface area contributed by atoms with Crippen LogP contribution in [0.2, 0.25) is 0 Å². The van der Waals surface area contributed by atoms with Gasteiger partial charge in [0.25, 0.3) is 0 Å². The summed E-state index contributed by atoms with van der Waals surface area (Å²) in [6.45, 7) is 14.6. The van der Waals surface area contributed by atoms with Crippen molar-refractivity contribution in [3.63, 3.8) is 0 Å². The zero-order valence-electron chi connectivity index (χ0n) is 21.8. The van der Waals surface area contributed by atoms with Crippen molar-refractivity contribution in [2.24, 2.45) is 10.9 Å². The Balaban J connectivity index is 0.000000733. The molecule has 1 unspecified atom stereocenters. The molecule has 3 aromatic rings. The first-order valence-electron chi connectivity index (χ1n) is 12.1. The second-order valence-electron chi connectivity index (χ2n) is 8.04. The minimum atomic E-state index is 0.501. The molecular weight excluding hydrogens is 420 g/mol. The molecule has 184 valence electrons. The Morgan fingerprint density at radius 3 is 1.65 bits per heavy atom. The van der Waals surface area contributed by atoms with Gasteiger partial charge >= 0.3 is 0 Å². The number of rotatable bonds is 10. The lowest BCUT2D eigenvalue weighted by atomic mass is 10.1. The fourth-order valence-corrected chi connectivity index (χ4v) is 3.08. The van der Waals surface area contributed by atoms with E-state index in [2.05, 4.69) is 49.2 Å². The SMILES string of the molecule is CC.CC(CNCc1ccccn1)CN(Cc1ccccn1)Cc1ccccn1.CN=C(C)C. The van der Waals surface area contributed by atoms with Gasteiger partial charge in [-0.25, -0.2) is 0 Å². The molecule has 0 fully saturated rings. The molecule has 0 saturated heterocycles. The first kappa shape index (κ1) is 29.1. The molecule has 34 heavy (non-hydrogen) atoms. The van der Waals surface area contributed by atoms with Crippen molar-refractivity contribution in [2.45, 2.75) is 54.3 Å². The number of pyridine rings is 3. The zero-order chi connectivity index (χ0) is 25.0. The van der Waals surface area contributed by atoms with Crippen molar-refractivity contribution >= 4 is 5.71 Å². The minimum absolute atomic E-state index is 0.501. The number of nitrogens with one attached hydrogen (secondary N) is 1. The molecule has 0 aliphatic rings. The molecule has 0 saturated carbocycles.